The lowest BCUT2D eigenvalue weighted by atomic mass is 10.1. The molecule has 3 N–H and O–H groups in total. The lowest BCUT2D eigenvalue weighted by Crippen LogP contribution is -2.28. The van der Waals surface area contributed by atoms with Crippen LogP contribution in [0.25, 0.3) is 0 Å². The molecule has 7 heteroatoms. The molecule has 0 radical (unpaired) electrons. The molecule has 0 aliphatic heterocycles. The average molecular weight is 248 g/mol. The van der Waals surface area contributed by atoms with E-state index in [0.717, 1.165) is 11.5 Å². The van der Waals surface area contributed by atoms with Crippen molar-refractivity contribution in [2.24, 2.45) is 0 Å². The minimum absolute atomic E-state index is 0.0995. The Kier molecular flexibility index (Phi) is 3.52. The van der Waals surface area contributed by atoms with E-state index in [1.807, 2.05) is 13.8 Å². The number of nitrogens with zero attached hydrogens (tertiary/aromatic N) is 3. The highest BCUT2D eigenvalue weighted by atomic mass is 16.1. The van der Waals surface area contributed by atoms with Crippen molar-refractivity contribution in [3.8, 4) is 0 Å². The second kappa shape index (κ2) is 5.09. The van der Waals surface area contributed by atoms with Crippen LogP contribution in [0.15, 0.2) is 11.1 Å². The van der Waals surface area contributed by atoms with Crippen molar-refractivity contribution in [3.63, 3.8) is 0 Å². The summed E-state index contributed by atoms with van der Waals surface area (Å²) in [7, 11) is 0. The summed E-state index contributed by atoms with van der Waals surface area (Å²) in [6.07, 6.45) is 1.45. The molecule has 0 bridgehead atoms. The first-order valence-electron chi connectivity index (χ1n) is 5.73. The topological polar surface area (TPSA) is 99.3 Å². The van der Waals surface area contributed by atoms with Gasteiger partial charge in [0.05, 0.1) is 12.1 Å². The van der Waals surface area contributed by atoms with E-state index >= 15 is 0 Å². The van der Waals surface area contributed by atoms with E-state index in [-0.39, 0.29) is 11.6 Å². The summed E-state index contributed by atoms with van der Waals surface area (Å²) in [6, 6.07) is -0.105. The van der Waals surface area contributed by atoms with Crippen LogP contribution in [-0.4, -0.2) is 25.1 Å². The van der Waals surface area contributed by atoms with Crippen LogP contribution < -0.4 is 10.9 Å². The van der Waals surface area contributed by atoms with Crippen molar-refractivity contribution >= 4 is 0 Å². The highest BCUT2D eigenvalue weighted by Crippen LogP contribution is 2.10. The first-order valence-corrected chi connectivity index (χ1v) is 5.73. The molecule has 0 spiro atoms. The van der Waals surface area contributed by atoms with Gasteiger partial charge >= 0.3 is 0 Å². The van der Waals surface area contributed by atoms with E-state index in [9.17, 15) is 4.79 Å². The Bertz CT molecular complexity index is 574. The monoisotopic (exact) mass is 248 g/mol. The van der Waals surface area contributed by atoms with Crippen molar-refractivity contribution in [1.82, 2.24) is 30.5 Å². The fourth-order valence-electron chi connectivity index (χ4n) is 1.91. The zero-order valence-corrected chi connectivity index (χ0v) is 10.6. The van der Waals surface area contributed by atoms with E-state index in [1.165, 1.54) is 6.33 Å². The maximum absolute atomic E-state index is 11.9. The second-order valence-corrected chi connectivity index (χ2v) is 4.19. The lowest BCUT2D eigenvalue weighted by molar-refractivity contribution is 0.549. The standard InChI is InChI=1S/C11H16N6O/c1-6(12-4-9-13-5-14-17-9)10-7(2)15-8(3)16-11(10)18/h5-6,12H,4H2,1-3H3,(H,13,14,17)(H,15,16,18). The van der Waals surface area contributed by atoms with Crippen LogP contribution in [0.2, 0.25) is 0 Å². The molecule has 0 aliphatic carbocycles. The molecular weight excluding hydrogens is 232 g/mol. The van der Waals surface area contributed by atoms with Crippen molar-refractivity contribution in [3.05, 3.63) is 39.6 Å². The summed E-state index contributed by atoms with van der Waals surface area (Å²) >= 11 is 0. The van der Waals surface area contributed by atoms with Gasteiger partial charge in [-0.25, -0.2) is 9.97 Å². The molecule has 2 aromatic heterocycles. The largest absolute Gasteiger partial charge is 0.310 e. The molecule has 7 nitrogen and oxygen atoms in total. The highest BCUT2D eigenvalue weighted by molar-refractivity contribution is 5.20. The van der Waals surface area contributed by atoms with Gasteiger partial charge in [0.15, 0.2) is 0 Å². The van der Waals surface area contributed by atoms with E-state index in [4.69, 9.17) is 0 Å². The summed E-state index contributed by atoms with van der Waals surface area (Å²) in [5, 5.41) is 9.73. The SMILES string of the molecule is Cc1nc(C)c(C(C)NCc2ncn[nH]2)c(=O)[nH]1. The number of aromatic amines is 2. The molecule has 0 aromatic carbocycles. The lowest BCUT2D eigenvalue weighted by Gasteiger charge is -2.14. The summed E-state index contributed by atoms with van der Waals surface area (Å²) in [5.74, 6) is 1.36. The molecule has 0 aliphatic rings. The summed E-state index contributed by atoms with van der Waals surface area (Å²) in [6.45, 7) is 6.05. The normalized spacial score (nSPS) is 12.6. The van der Waals surface area contributed by atoms with Gasteiger partial charge in [-0.2, -0.15) is 5.10 Å². The van der Waals surface area contributed by atoms with E-state index < -0.39 is 0 Å². The predicted octanol–water partition coefficient (Wildman–Crippen LogP) is 0.356. The first-order chi connectivity index (χ1) is 8.58. The first kappa shape index (κ1) is 12.4. The summed E-state index contributed by atoms with van der Waals surface area (Å²) in [5.41, 5.74) is 1.30. The number of nitrogens with one attached hydrogen (secondary N) is 3. The number of hydrogen-bond donors (Lipinski definition) is 3. The average Bonchev–Trinajstić information content (AvgIpc) is 2.77. The van der Waals surface area contributed by atoms with E-state index in [1.54, 1.807) is 6.92 Å². The second-order valence-electron chi connectivity index (χ2n) is 4.19. The van der Waals surface area contributed by atoms with Crippen LogP contribution in [0.1, 0.15) is 35.9 Å². The molecule has 0 fully saturated rings. The minimum Gasteiger partial charge on any atom is -0.310 e. The van der Waals surface area contributed by atoms with Gasteiger partial charge < -0.3 is 10.3 Å². The van der Waals surface area contributed by atoms with Crippen molar-refractivity contribution in [2.45, 2.75) is 33.4 Å². The third-order valence-electron chi connectivity index (χ3n) is 2.74. The van der Waals surface area contributed by atoms with Gasteiger partial charge in [0.1, 0.15) is 18.0 Å². The molecule has 2 rings (SSSR count). The number of aryl methyl sites for hydroxylation is 2. The molecule has 1 unspecified atom stereocenters. The van der Waals surface area contributed by atoms with E-state index in [0.29, 0.717) is 17.9 Å². The number of rotatable bonds is 4. The van der Waals surface area contributed by atoms with Gasteiger partial charge in [-0.1, -0.05) is 0 Å². The van der Waals surface area contributed by atoms with Crippen LogP contribution in [0.3, 0.4) is 0 Å². The van der Waals surface area contributed by atoms with E-state index in [2.05, 4.69) is 30.5 Å². The zero-order chi connectivity index (χ0) is 13.1. The van der Waals surface area contributed by atoms with Gasteiger partial charge in [0.25, 0.3) is 5.56 Å². The van der Waals surface area contributed by atoms with Gasteiger partial charge in [-0.05, 0) is 20.8 Å². The van der Waals surface area contributed by atoms with Crippen LogP contribution in [0.4, 0.5) is 0 Å². The predicted molar refractivity (Wildman–Crippen MR) is 66.0 cm³/mol. The van der Waals surface area contributed by atoms with Crippen LogP contribution >= 0.6 is 0 Å². The molecule has 2 heterocycles. The Morgan fingerprint density at radius 2 is 2.22 bits per heavy atom. The Morgan fingerprint density at radius 3 is 2.83 bits per heavy atom. The number of hydrogen-bond acceptors (Lipinski definition) is 5. The van der Waals surface area contributed by atoms with Crippen LogP contribution in [0, 0.1) is 13.8 Å². The molecule has 0 amide bonds. The van der Waals surface area contributed by atoms with Gasteiger partial charge in [-0.3, -0.25) is 9.89 Å². The third kappa shape index (κ3) is 2.62. The molecule has 2 aromatic rings. The van der Waals surface area contributed by atoms with Gasteiger partial charge in [0.2, 0.25) is 0 Å². The van der Waals surface area contributed by atoms with Crippen molar-refractivity contribution in [2.75, 3.05) is 0 Å². The number of aromatic nitrogens is 5. The molecule has 96 valence electrons. The van der Waals surface area contributed by atoms with Crippen molar-refractivity contribution < 1.29 is 0 Å². The zero-order valence-electron chi connectivity index (χ0n) is 10.6. The number of H-pyrrole nitrogens is 2. The summed E-state index contributed by atoms with van der Waals surface area (Å²) < 4.78 is 0. The summed E-state index contributed by atoms with van der Waals surface area (Å²) in [4.78, 5) is 22.9. The fourth-order valence-corrected chi connectivity index (χ4v) is 1.91. The molecule has 1 atom stereocenters. The van der Waals surface area contributed by atoms with Crippen LogP contribution in [-0.2, 0) is 6.54 Å². The molecule has 0 saturated carbocycles. The van der Waals surface area contributed by atoms with Crippen LogP contribution in [0.5, 0.6) is 0 Å². The molecular formula is C11H16N6O. The highest BCUT2D eigenvalue weighted by Gasteiger charge is 2.14. The molecule has 18 heavy (non-hydrogen) atoms. The maximum atomic E-state index is 11.9. The Morgan fingerprint density at radius 1 is 1.44 bits per heavy atom. The van der Waals surface area contributed by atoms with Crippen molar-refractivity contribution in [1.29, 1.82) is 0 Å². The third-order valence-corrected chi connectivity index (χ3v) is 2.74. The Labute approximate surface area is 104 Å². The maximum Gasteiger partial charge on any atom is 0.255 e. The Balaban J connectivity index is 2.14. The van der Waals surface area contributed by atoms with Gasteiger partial charge in [-0.15, -0.1) is 0 Å². The van der Waals surface area contributed by atoms with Gasteiger partial charge in [0, 0.05) is 11.7 Å². The minimum atomic E-state index is -0.105. The smallest absolute Gasteiger partial charge is 0.255 e. The Hall–Kier alpha value is -2.02. The quantitative estimate of drug-likeness (QED) is 0.725. The fraction of sp³-hybridized carbons (Fsp3) is 0.455. The molecule has 0 saturated heterocycles.